The zero-order chi connectivity index (χ0) is 16.8. The van der Waals surface area contributed by atoms with E-state index < -0.39 is 15.4 Å². The third-order valence-electron chi connectivity index (χ3n) is 4.53. The van der Waals surface area contributed by atoms with Crippen LogP contribution in [0.5, 0.6) is 0 Å². The normalized spacial score (nSPS) is 21.2. The van der Waals surface area contributed by atoms with Gasteiger partial charge < -0.3 is 0 Å². The van der Waals surface area contributed by atoms with E-state index >= 15 is 0 Å². The van der Waals surface area contributed by atoms with Crippen LogP contribution >= 0.6 is 0 Å². The topological polar surface area (TPSA) is 79.9 Å². The molecule has 6 heteroatoms. The van der Waals surface area contributed by atoms with Crippen molar-refractivity contribution in [3.05, 3.63) is 42.4 Å². The Labute approximate surface area is 135 Å². The number of aromatic nitrogens is 1. The molecule has 0 saturated heterocycles. The van der Waals surface area contributed by atoms with Gasteiger partial charge in [0, 0.05) is 16.6 Å². The van der Waals surface area contributed by atoms with Gasteiger partial charge in [-0.1, -0.05) is 31.5 Å². The number of rotatable bonds is 3. The van der Waals surface area contributed by atoms with E-state index in [0.717, 1.165) is 6.26 Å². The van der Waals surface area contributed by atoms with Crippen LogP contribution < -0.4 is 0 Å². The summed E-state index contributed by atoms with van der Waals surface area (Å²) in [4.78, 5) is 13.1. The third-order valence-corrected chi connectivity index (χ3v) is 5.61. The summed E-state index contributed by atoms with van der Waals surface area (Å²) in [5, 5.41) is 10.2. The van der Waals surface area contributed by atoms with Crippen LogP contribution in [-0.2, 0) is 16.4 Å². The van der Waals surface area contributed by atoms with E-state index in [4.69, 9.17) is 0 Å². The van der Waals surface area contributed by atoms with Gasteiger partial charge in [-0.2, -0.15) is 5.26 Å². The van der Waals surface area contributed by atoms with Crippen molar-refractivity contribution < 1.29 is 13.2 Å². The molecule has 2 aromatic rings. The maximum Gasteiger partial charge on any atom is 0.236 e. The van der Waals surface area contributed by atoms with E-state index in [9.17, 15) is 18.5 Å². The summed E-state index contributed by atoms with van der Waals surface area (Å²) in [6.07, 6.45) is 2.72. The molecule has 0 aliphatic heterocycles. The van der Waals surface area contributed by atoms with Crippen molar-refractivity contribution in [3.8, 4) is 6.07 Å². The molecule has 3 rings (SSSR count). The number of hydrogen-bond donors (Lipinski definition) is 0. The highest BCUT2D eigenvalue weighted by Gasteiger charge is 2.45. The van der Waals surface area contributed by atoms with Gasteiger partial charge in [-0.05, 0) is 25.3 Å². The standard InChI is InChI=1S/C17H17N2O3S/c1-3-9-17(11-18)10-8-14-15(16(17)20)12-6-4-5-7-13(12)19(14)23(2,21)22/h4-7H,1,3,8-10H2,2H3. The van der Waals surface area contributed by atoms with Gasteiger partial charge in [0.05, 0.1) is 17.8 Å². The molecule has 0 spiro atoms. The van der Waals surface area contributed by atoms with Crippen molar-refractivity contribution in [2.45, 2.75) is 25.7 Å². The van der Waals surface area contributed by atoms with Crippen molar-refractivity contribution >= 4 is 26.7 Å². The number of para-hydroxylation sites is 1. The third kappa shape index (κ3) is 2.19. The Balaban J connectivity index is 2.38. The largest absolute Gasteiger partial charge is 0.292 e. The van der Waals surface area contributed by atoms with Gasteiger partial charge in [0.1, 0.15) is 5.41 Å². The number of Topliss-reactive ketones (excluding diaryl/α,β-unsaturated/α-hetero) is 1. The summed E-state index contributed by atoms with van der Waals surface area (Å²) in [6, 6.07) is 9.12. The number of hydrogen-bond acceptors (Lipinski definition) is 4. The van der Waals surface area contributed by atoms with Crippen LogP contribution in [-0.4, -0.2) is 24.4 Å². The van der Waals surface area contributed by atoms with Crippen molar-refractivity contribution in [1.82, 2.24) is 3.97 Å². The lowest BCUT2D eigenvalue weighted by Gasteiger charge is -2.29. The van der Waals surface area contributed by atoms with Crippen LogP contribution in [0.3, 0.4) is 0 Å². The van der Waals surface area contributed by atoms with E-state index in [2.05, 4.69) is 13.0 Å². The summed E-state index contributed by atoms with van der Waals surface area (Å²) in [7, 11) is -3.54. The Morgan fingerprint density at radius 2 is 2.09 bits per heavy atom. The lowest BCUT2D eigenvalue weighted by molar-refractivity contribution is 0.0825. The van der Waals surface area contributed by atoms with E-state index in [1.807, 2.05) is 0 Å². The molecule has 0 fully saturated rings. The van der Waals surface area contributed by atoms with Crippen LogP contribution in [0.15, 0.2) is 24.3 Å². The van der Waals surface area contributed by atoms with Crippen LogP contribution in [0.2, 0.25) is 0 Å². The van der Waals surface area contributed by atoms with Crippen molar-refractivity contribution in [2.24, 2.45) is 5.41 Å². The minimum Gasteiger partial charge on any atom is -0.292 e. The van der Waals surface area contributed by atoms with Gasteiger partial charge in [0.25, 0.3) is 0 Å². The number of fused-ring (bicyclic) bond motifs is 3. The zero-order valence-corrected chi connectivity index (χ0v) is 13.7. The average molecular weight is 329 g/mol. The highest BCUT2D eigenvalue weighted by Crippen LogP contribution is 2.43. The molecule has 1 unspecified atom stereocenters. The molecule has 0 N–H and O–H groups in total. The lowest BCUT2D eigenvalue weighted by Crippen LogP contribution is -2.35. The average Bonchev–Trinajstić information content (AvgIpc) is 2.85. The van der Waals surface area contributed by atoms with Gasteiger partial charge in [-0.15, -0.1) is 0 Å². The first-order chi connectivity index (χ1) is 10.9. The summed E-state index contributed by atoms with van der Waals surface area (Å²) >= 11 is 0. The highest BCUT2D eigenvalue weighted by molar-refractivity contribution is 7.89. The Kier molecular flexibility index (Phi) is 3.56. The minimum absolute atomic E-state index is 0.275. The Hall–Kier alpha value is -2.13. The first kappa shape index (κ1) is 15.8. The summed E-state index contributed by atoms with van der Waals surface area (Å²) in [6.45, 7) is 3.77. The number of nitrogens with zero attached hydrogens (tertiary/aromatic N) is 2. The quantitative estimate of drug-likeness (QED) is 0.867. The molecule has 5 nitrogen and oxygen atoms in total. The molecule has 1 atom stereocenters. The number of benzene rings is 1. The zero-order valence-electron chi connectivity index (χ0n) is 12.9. The molecule has 1 radical (unpaired) electrons. The molecule has 0 saturated carbocycles. The molecular formula is C17H17N2O3S. The van der Waals surface area contributed by atoms with Crippen molar-refractivity contribution in [1.29, 1.82) is 5.26 Å². The van der Waals surface area contributed by atoms with Gasteiger partial charge in [-0.3, -0.25) is 4.79 Å². The SMILES string of the molecule is [CH2]CCC1(C#N)CCc2c(c3ccccc3n2S(C)(=O)=O)C1=O. The van der Waals surface area contributed by atoms with E-state index in [-0.39, 0.29) is 5.78 Å². The summed E-state index contributed by atoms with van der Waals surface area (Å²) in [5.74, 6) is -0.275. The van der Waals surface area contributed by atoms with Crippen molar-refractivity contribution in [3.63, 3.8) is 0 Å². The Morgan fingerprint density at radius 1 is 1.39 bits per heavy atom. The summed E-state index contributed by atoms with van der Waals surface area (Å²) in [5.41, 5.74) is 0.277. The number of carbonyl (C=O) groups excluding carboxylic acids is 1. The monoisotopic (exact) mass is 329 g/mol. The Bertz CT molecular complexity index is 950. The van der Waals surface area contributed by atoms with Gasteiger partial charge in [-0.25, -0.2) is 12.4 Å². The first-order valence-electron chi connectivity index (χ1n) is 7.44. The van der Waals surface area contributed by atoms with Gasteiger partial charge >= 0.3 is 0 Å². The van der Waals surface area contributed by atoms with E-state index in [1.165, 1.54) is 3.97 Å². The predicted octanol–water partition coefficient (Wildman–Crippen LogP) is 2.70. The maximum atomic E-state index is 13.1. The highest BCUT2D eigenvalue weighted by atomic mass is 32.2. The summed E-state index contributed by atoms with van der Waals surface area (Å²) < 4.78 is 25.7. The number of carbonyl (C=O) groups is 1. The molecule has 119 valence electrons. The molecule has 1 aliphatic carbocycles. The van der Waals surface area contributed by atoms with E-state index in [0.29, 0.717) is 47.8 Å². The Morgan fingerprint density at radius 3 is 2.70 bits per heavy atom. The van der Waals surface area contributed by atoms with Crippen LogP contribution in [0.1, 0.15) is 35.3 Å². The van der Waals surface area contributed by atoms with Gasteiger partial charge in [0.2, 0.25) is 10.0 Å². The van der Waals surface area contributed by atoms with Crippen LogP contribution in [0.4, 0.5) is 0 Å². The second-order valence-corrected chi connectivity index (χ2v) is 7.82. The second-order valence-electron chi connectivity index (χ2n) is 5.99. The predicted molar refractivity (Wildman–Crippen MR) is 87.5 cm³/mol. The molecule has 1 aromatic carbocycles. The maximum absolute atomic E-state index is 13.1. The molecule has 0 bridgehead atoms. The fourth-order valence-corrected chi connectivity index (χ4v) is 4.61. The second kappa shape index (κ2) is 5.20. The number of nitriles is 1. The molecule has 1 aliphatic rings. The smallest absolute Gasteiger partial charge is 0.236 e. The first-order valence-corrected chi connectivity index (χ1v) is 9.29. The van der Waals surface area contributed by atoms with Crippen molar-refractivity contribution in [2.75, 3.05) is 6.26 Å². The van der Waals surface area contributed by atoms with Crippen LogP contribution in [0, 0.1) is 23.7 Å². The molecule has 23 heavy (non-hydrogen) atoms. The van der Waals surface area contributed by atoms with Gasteiger partial charge in [0.15, 0.2) is 5.78 Å². The molecular weight excluding hydrogens is 312 g/mol. The number of ketones is 1. The van der Waals surface area contributed by atoms with Crippen LogP contribution in [0.25, 0.3) is 10.9 Å². The fraction of sp³-hybridized carbons (Fsp3) is 0.353. The molecule has 1 heterocycles. The molecule has 1 aromatic heterocycles. The lowest BCUT2D eigenvalue weighted by atomic mass is 9.70. The minimum atomic E-state index is -3.54. The molecule has 0 amide bonds. The van der Waals surface area contributed by atoms with E-state index in [1.54, 1.807) is 24.3 Å². The fourth-order valence-electron chi connectivity index (χ4n) is 3.51.